The maximum absolute atomic E-state index is 13.4. The summed E-state index contributed by atoms with van der Waals surface area (Å²) in [6, 6.07) is 0. The lowest BCUT2D eigenvalue weighted by molar-refractivity contribution is 0.278. The third-order valence-corrected chi connectivity index (χ3v) is 1.85. The van der Waals surface area contributed by atoms with Gasteiger partial charge in [0.25, 0.3) is 0 Å². The van der Waals surface area contributed by atoms with E-state index in [1.54, 1.807) is 0 Å². The molecule has 0 aromatic carbocycles. The van der Waals surface area contributed by atoms with Crippen LogP contribution in [0.3, 0.4) is 0 Å². The first-order valence-corrected chi connectivity index (χ1v) is 4.15. The summed E-state index contributed by atoms with van der Waals surface area (Å²) < 4.78 is 23.4. The summed E-state index contributed by atoms with van der Waals surface area (Å²) in [6.45, 7) is 0. The van der Waals surface area contributed by atoms with Gasteiger partial charge < -0.3 is 9.47 Å². The Labute approximate surface area is 75.5 Å². The Morgan fingerprint density at radius 2 is 2.08 bits per heavy atom. The maximum Gasteiger partial charge on any atom is 0.210 e. The van der Waals surface area contributed by atoms with Gasteiger partial charge in [0.2, 0.25) is 5.82 Å². The molecule has 70 valence electrons. The van der Waals surface area contributed by atoms with Gasteiger partial charge in [-0.1, -0.05) is 0 Å². The smallest absolute Gasteiger partial charge is 0.210 e. The summed E-state index contributed by atoms with van der Waals surface area (Å²) in [5, 5.41) is 0. The zero-order chi connectivity index (χ0) is 9.26. The molecule has 1 aromatic rings. The second kappa shape index (κ2) is 3.20. The maximum atomic E-state index is 13.4. The zero-order valence-corrected chi connectivity index (χ0v) is 7.29. The van der Waals surface area contributed by atoms with E-state index in [1.807, 2.05) is 0 Å². The van der Waals surface area contributed by atoms with Gasteiger partial charge >= 0.3 is 0 Å². The van der Waals surface area contributed by atoms with Crippen LogP contribution in [0.25, 0.3) is 0 Å². The summed E-state index contributed by atoms with van der Waals surface area (Å²) in [5.74, 6) is -0.163. The van der Waals surface area contributed by atoms with Crippen molar-refractivity contribution in [2.24, 2.45) is 0 Å². The molecule has 2 rings (SSSR count). The first-order chi connectivity index (χ1) is 6.31. The van der Waals surface area contributed by atoms with Crippen molar-refractivity contribution >= 4 is 0 Å². The van der Waals surface area contributed by atoms with Gasteiger partial charge in [-0.05, 0) is 12.8 Å². The number of hydrogen-bond acceptors (Lipinski definition) is 3. The van der Waals surface area contributed by atoms with Crippen LogP contribution >= 0.6 is 0 Å². The van der Waals surface area contributed by atoms with Crippen molar-refractivity contribution in [2.45, 2.75) is 18.9 Å². The van der Waals surface area contributed by atoms with Crippen LogP contribution < -0.4 is 9.47 Å². The number of rotatable bonds is 3. The molecular formula is C9H10FNO2. The number of ether oxygens (including phenoxy) is 2. The van der Waals surface area contributed by atoms with Gasteiger partial charge in [0, 0.05) is 0 Å². The van der Waals surface area contributed by atoms with Crippen molar-refractivity contribution < 1.29 is 13.9 Å². The SMILES string of the molecule is COc1cncc(OC2CC2)c1F. The van der Waals surface area contributed by atoms with E-state index in [2.05, 4.69) is 4.98 Å². The van der Waals surface area contributed by atoms with Crippen LogP contribution in [0.5, 0.6) is 11.5 Å². The van der Waals surface area contributed by atoms with Gasteiger partial charge in [0.15, 0.2) is 11.5 Å². The number of pyridine rings is 1. The topological polar surface area (TPSA) is 31.4 Å². The van der Waals surface area contributed by atoms with Crippen LogP contribution in [0.2, 0.25) is 0 Å². The van der Waals surface area contributed by atoms with Gasteiger partial charge in [-0.25, -0.2) is 0 Å². The quantitative estimate of drug-likeness (QED) is 0.715. The van der Waals surface area contributed by atoms with Crippen LogP contribution in [0.15, 0.2) is 12.4 Å². The highest BCUT2D eigenvalue weighted by Crippen LogP contribution is 2.31. The average Bonchev–Trinajstić information content (AvgIpc) is 2.92. The van der Waals surface area contributed by atoms with E-state index in [-0.39, 0.29) is 17.6 Å². The molecule has 0 amide bonds. The Morgan fingerprint density at radius 3 is 2.69 bits per heavy atom. The van der Waals surface area contributed by atoms with Crippen LogP contribution in [-0.4, -0.2) is 18.2 Å². The molecule has 1 aliphatic rings. The fraction of sp³-hybridized carbons (Fsp3) is 0.444. The van der Waals surface area contributed by atoms with E-state index >= 15 is 0 Å². The lowest BCUT2D eigenvalue weighted by Gasteiger charge is -2.07. The summed E-state index contributed by atoms with van der Waals surface area (Å²) in [4.78, 5) is 3.81. The Morgan fingerprint density at radius 1 is 1.38 bits per heavy atom. The van der Waals surface area contributed by atoms with Crippen molar-refractivity contribution in [1.29, 1.82) is 0 Å². The molecule has 0 N–H and O–H groups in total. The van der Waals surface area contributed by atoms with Crippen molar-refractivity contribution in [3.63, 3.8) is 0 Å². The highest BCUT2D eigenvalue weighted by molar-refractivity contribution is 5.31. The van der Waals surface area contributed by atoms with Crippen LogP contribution in [0.4, 0.5) is 4.39 Å². The Bertz CT molecular complexity index is 312. The summed E-state index contributed by atoms with van der Waals surface area (Å²) in [7, 11) is 1.40. The summed E-state index contributed by atoms with van der Waals surface area (Å²) >= 11 is 0. The van der Waals surface area contributed by atoms with Crippen molar-refractivity contribution in [2.75, 3.05) is 7.11 Å². The first kappa shape index (κ1) is 8.29. The lowest BCUT2D eigenvalue weighted by Crippen LogP contribution is -2.00. The van der Waals surface area contributed by atoms with Gasteiger partial charge in [0.05, 0.1) is 25.6 Å². The number of aromatic nitrogens is 1. The van der Waals surface area contributed by atoms with Crippen molar-refractivity contribution in [3.8, 4) is 11.5 Å². The molecule has 1 aromatic heterocycles. The Hall–Kier alpha value is -1.32. The zero-order valence-electron chi connectivity index (χ0n) is 7.29. The molecule has 0 bridgehead atoms. The lowest BCUT2D eigenvalue weighted by atomic mass is 10.4. The molecule has 1 saturated carbocycles. The fourth-order valence-electron chi connectivity index (χ4n) is 0.997. The Kier molecular flexibility index (Phi) is 2.04. The third kappa shape index (κ3) is 1.71. The minimum absolute atomic E-state index is 0.123. The molecule has 1 aliphatic carbocycles. The van der Waals surface area contributed by atoms with Gasteiger partial charge in [-0.15, -0.1) is 0 Å². The van der Waals surface area contributed by atoms with Crippen LogP contribution in [0.1, 0.15) is 12.8 Å². The molecule has 0 unspecified atom stereocenters. The molecule has 1 heterocycles. The second-order valence-electron chi connectivity index (χ2n) is 2.97. The predicted octanol–water partition coefficient (Wildman–Crippen LogP) is 1.77. The van der Waals surface area contributed by atoms with Gasteiger partial charge in [0.1, 0.15) is 0 Å². The van der Waals surface area contributed by atoms with Crippen LogP contribution in [-0.2, 0) is 0 Å². The van der Waals surface area contributed by atoms with E-state index < -0.39 is 5.82 Å². The minimum Gasteiger partial charge on any atom is -0.492 e. The number of halogens is 1. The molecule has 3 nitrogen and oxygen atoms in total. The number of nitrogens with zero attached hydrogens (tertiary/aromatic N) is 1. The van der Waals surface area contributed by atoms with E-state index in [0.717, 1.165) is 12.8 Å². The van der Waals surface area contributed by atoms with Gasteiger partial charge in [-0.2, -0.15) is 4.39 Å². The highest BCUT2D eigenvalue weighted by Gasteiger charge is 2.25. The number of methoxy groups -OCH3 is 1. The monoisotopic (exact) mass is 183 g/mol. The molecule has 4 heteroatoms. The normalized spacial score (nSPS) is 15.5. The third-order valence-electron chi connectivity index (χ3n) is 1.85. The highest BCUT2D eigenvalue weighted by atomic mass is 19.1. The van der Waals surface area contributed by atoms with E-state index in [9.17, 15) is 4.39 Å². The fourth-order valence-corrected chi connectivity index (χ4v) is 0.997. The minimum atomic E-state index is -0.468. The Balaban J connectivity index is 2.22. The summed E-state index contributed by atoms with van der Waals surface area (Å²) in [5.41, 5.74) is 0. The average molecular weight is 183 g/mol. The molecule has 0 atom stereocenters. The van der Waals surface area contributed by atoms with E-state index in [0.29, 0.717) is 0 Å². The summed E-state index contributed by atoms with van der Waals surface area (Å²) in [6.07, 6.45) is 4.86. The molecule has 0 radical (unpaired) electrons. The second-order valence-corrected chi connectivity index (χ2v) is 2.97. The number of hydrogen-bond donors (Lipinski definition) is 0. The van der Waals surface area contributed by atoms with E-state index in [1.165, 1.54) is 19.5 Å². The molecular weight excluding hydrogens is 173 g/mol. The van der Waals surface area contributed by atoms with Gasteiger partial charge in [-0.3, -0.25) is 4.98 Å². The first-order valence-electron chi connectivity index (χ1n) is 4.15. The standard InChI is InChI=1S/C9H10FNO2/c1-12-7-4-11-5-8(9(7)10)13-6-2-3-6/h4-6H,2-3H2,1H3. The molecule has 0 spiro atoms. The predicted molar refractivity (Wildman–Crippen MR) is 44.4 cm³/mol. The molecule has 0 aliphatic heterocycles. The van der Waals surface area contributed by atoms with Crippen LogP contribution in [0, 0.1) is 5.82 Å². The van der Waals surface area contributed by atoms with Crippen molar-refractivity contribution in [3.05, 3.63) is 18.2 Å². The largest absolute Gasteiger partial charge is 0.492 e. The van der Waals surface area contributed by atoms with Crippen molar-refractivity contribution in [1.82, 2.24) is 4.98 Å². The molecule has 0 saturated heterocycles. The molecule has 1 fully saturated rings. The molecule has 13 heavy (non-hydrogen) atoms. The van der Waals surface area contributed by atoms with E-state index in [4.69, 9.17) is 9.47 Å².